The molecule has 0 spiro atoms. The number of carbonyl (C=O) groups is 1. The highest BCUT2D eigenvalue weighted by molar-refractivity contribution is 5.85. The molecule has 1 unspecified atom stereocenters. The van der Waals surface area contributed by atoms with Crippen molar-refractivity contribution >= 4 is 11.7 Å². The second-order valence-electron chi connectivity index (χ2n) is 6.01. The Morgan fingerprint density at radius 3 is 2.38 bits per heavy atom. The monoisotopic (exact) mass is 300 g/mol. The zero-order valence-electron chi connectivity index (χ0n) is 13.5. The molecule has 0 radical (unpaired) electrons. The van der Waals surface area contributed by atoms with Crippen LogP contribution in [0.25, 0.3) is 0 Å². The van der Waals surface area contributed by atoms with Crippen molar-refractivity contribution in [2.75, 3.05) is 33.3 Å². The van der Waals surface area contributed by atoms with E-state index < -0.39 is 5.60 Å². The maximum atomic E-state index is 12.2. The smallest absolute Gasteiger partial charge is 0.225 e. The van der Waals surface area contributed by atoms with Crippen LogP contribution in [-0.2, 0) is 9.53 Å². The molecule has 1 atom stereocenters. The van der Waals surface area contributed by atoms with Crippen LogP contribution in [0.2, 0.25) is 0 Å². The summed E-state index contributed by atoms with van der Waals surface area (Å²) in [6.45, 7) is 8.60. The van der Waals surface area contributed by atoms with Gasteiger partial charge < -0.3 is 20.6 Å². The summed E-state index contributed by atoms with van der Waals surface area (Å²) < 4.78 is 5.30. The Labute approximate surface area is 126 Å². The van der Waals surface area contributed by atoms with E-state index in [0.717, 1.165) is 19.5 Å². The molecule has 0 saturated carbocycles. The molecule has 1 aliphatic heterocycles. The van der Waals surface area contributed by atoms with Crippen molar-refractivity contribution in [2.45, 2.75) is 45.3 Å². The number of hydrogen-bond acceptors (Lipinski definition) is 5. The maximum Gasteiger partial charge on any atom is 0.225 e. The van der Waals surface area contributed by atoms with Crippen LogP contribution < -0.4 is 5.73 Å². The Morgan fingerprint density at radius 2 is 1.95 bits per heavy atom. The van der Waals surface area contributed by atoms with E-state index in [1.807, 2.05) is 25.7 Å². The van der Waals surface area contributed by atoms with Gasteiger partial charge in [-0.1, -0.05) is 12.1 Å². The first kappa shape index (κ1) is 17.7. The number of methoxy groups -OCH3 is 1. The molecule has 21 heavy (non-hydrogen) atoms. The summed E-state index contributed by atoms with van der Waals surface area (Å²) >= 11 is 0. The van der Waals surface area contributed by atoms with Gasteiger partial charge in [-0.15, -0.1) is 0 Å². The highest BCUT2D eigenvalue weighted by atomic mass is 16.5. The molecule has 0 aromatic rings. The molecule has 0 bridgehead atoms. The highest BCUT2D eigenvalue weighted by Crippen LogP contribution is 2.17. The number of carbonyl (C=O) groups excluding carboxylic acids is 1. The Kier molecular flexibility index (Phi) is 6.42. The first-order valence-electron chi connectivity index (χ1n) is 7.39. The van der Waals surface area contributed by atoms with E-state index in [1.54, 1.807) is 7.11 Å². The third-order valence-electron chi connectivity index (χ3n) is 4.08. The molecule has 1 rings (SSSR count). The Balaban J connectivity index is 2.54. The van der Waals surface area contributed by atoms with Crippen molar-refractivity contribution in [3.05, 3.63) is 0 Å². The molecule has 0 aromatic carbocycles. The molecule has 0 aliphatic carbocycles. The summed E-state index contributed by atoms with van der Waals surface area (Å²) in [6, 6.07) is -0.0670. The van der Waals surface area contributed by atoms with Crippen LogP contribution in [0.1, 0.15) is 33.6 Å². The summed E-state index contributed by atoms with van der Waals surface area (Å²) in [5, 5.41) is 11.9. The number of hydrogen-bond donors (Lipinski definition) is 2. The molecule has 7 nitrogen and oxygen atoms in total. The number of amidine groups is 1. The topological polar surface area (TPSA) is 91.4 Å². The van der Waals surface area contributed by atoms with Crippen LogP contribution in [0.4, 0.5) is 0 Å². The van der Waals surface area contributed by atoms with Crippen molar-refractivity contribution in [3.63, 3.8) is 0 Å². The van der Waals surface area contributed by atoms with Gasteiger partial charge in [0.15, 0.2) is 5.84 Å². The average Bonchev–Trinajstić information content (AvgIpc) is 2.48. The van der Waals surface area contributed by atoms with Gasteiger partial charge in [-0.25, -0.2) is 0 Å². The number of amides is 1. The van der Waals surface area contributed by atoms with Crippen LogP contribution in [0.5, 0.6) is 0 Å². The molecule has 1 heterocycles. The molecular weight excluding hydrogens is 272 g/mol. The van der Waals surface area contributed by atoms with E-state index in [2.05, 4.69) is 10.1 Å². The van der Waals surface area contributed by atoms with Gasteiger partial charge in [0.25, 0.3) is 0 Å². The maximum absolute atomic E-state index is 12.2. The molecule has 1 saturated heterocycles. The van der Waals surface area contributed by atoms with Crippen LogP contribution >= 0.6 is 0 Å². The summed E-state index contributed by atoms with van der Waals surface area (Å²) in [5.41, 5.74) is 5.28. The molecular formula is C14H28N4O3. The lowest BCUT2D eigenvalue weighted by atomic mass is 10.0. The number of nitrogens with two attached hydrogens (primary N) is 1. The number of oxime groups is 1. The van der Waals surface area contributed by atoms with Crippen LogP contribution in [0, 0.1) is 0 Å². The highest BCUT2D eigenvalue weighted by Gasteiger charge is 2.30. The van der Waals surface area contributed by atoms with E-state index in [9.17, 15) is 4.79 Å². The number of nitrogens with zero attached hydrogens (tertiary/aromatic N) is 3. The first-order chi connectivity index (χ1) is 9.84. The van der Waals surface area contributed by atoms with Crippen molar-refractivity contribution in [2.24, 2.45) is 10.9 Å². The fourth-order valence-electron chi connectivity index (χ4n) is 2.55. The quantitative estimate of drug-likeness (QED) is 0.322. The minimum Gasteiger partial charge on any atom is -0.409 e. The average molecular weight is 300 g/mol. The lowest BCUT2D eigenvalue weighted by Crippen LogP contribution is -2.55. The predicted molar refractivity (Wildman–Crippen MR) is 81.3 cm³/mol. The normalized spacial score (nSPS) is 19.6. The Morgan fingerprint density at radius 1 is 1.38 bits per heavy atom. The summed E-state index contributed by atoms with van der Waals surface area (Å²) in [6.07, 6.45) is 1.15. The zero-order valence-corrected chi connectivity index (χ0v) is 13.5. The van der Waals surface area contributed by atoms with E-state index in [4.69, 9.17) is 15.7 Å². The summed E-state index contributed by atoms with van der Waals surface area (Å²) in [5.74, 6) is 0.344. The molecule has 3 N–H and O–H groups in total. The molecule has 0 aromatic heterocycles. The molecule has 1 amide bonds. The number of rotatable bonds is 6. The third kappa shape index (κ3) is 4.86. The van der Waals surface area contributed by atoms with E-state index in [0.29, 0.717) is 19.5 Å². The predicted octanol–water partition coefficient (Wildman–Crippen LogP) is 0.471. The van der Waals surface area contributed by atoms with Gasteiger partial charge in [-0.3, -0.25) is 9.69 Å². The SMILES string of the molecule is CCC(C(N)=NO)N1CCN(C(=O)CC(C)(C)OC)CC1. The second kappa shape index (κ2) is 7.61. The molecule has 1 aliphatic rings. The largest absolute Gasteiger partial charge is 0.409 e. The van der Waals surface area contributed by atoms with Gasteiger partial charge in [-0.2, -0.15) is 0 Å². The number of ether oxygens (including phenoxy) is 1. The standard InChI is InChI=1S/C14H28N4O3/c1-5-11(13(15)16-20)17-6-8-18(9-7-17)12(19)10-14(2,3)21-4/h11,20H,5-10H2,1-4H3,(H2,15,16). The Bertz CT molecular complexity index is 376. The molecule has 1 fully saturated rings. The fourth-order valence-corrected chi connectivity index (χ4v) is 2.55. The van der Waals surface area contributed by atoms with Gasteiger partial charge in [0.05, 0.1) is 18.1 Å². The third-order valence-corrected chi connectivity index (χ3v) is 4.08. The van der Waals surface area contributed by atoms with Crippen molar-refractivity contribution < 1.29 is 14.7 Å². The first-order valence-corrected chi connectivity index (χ1v) is 7.39. The van der Waals surface area contributed by atoms with Crippen LogP contribution in [0.3, 0.4) is 0 Å². The lowest BCUT2D eigenvalue weighted by Gasteiger charge is -2.39. The van der Waals surface area contributed by atoms with Crippen LogP contribution in [-0.4, -0.2) is 71.7 Å². The zero-order chi connectivity index (χ0) is 16.0. The van der Waals surface area contributed by atoms with E-state index in [-0.39, 0.29) is 17.8 Å². The summed E-state index contributed by atoms with van der Waals surface area (Å²) in [7, 11) is 1.62. The van der Waals surface area contributed by atoms with Crippen molar-refractivity contribution in [3.8, 4) is 0 Å². The van der Waals surface area contributed by atoms with Crippen molar-refractivity contribution in [1.29, 1.82) is 0 Å². The summed E-state index contributed by atoms with van der Waals surface area (Å²) in [4.78, 5) is 16.3. The fraction of sp³-hybridized carbons (Fsp3) is 0.857. The van der Waals surface area contributed by atoms with Crippen molar-refractivity contribution in [1.82, 2.24) is 9.80 Å². The van der Waals surface area contributed by atoms with E-state index >= 15 is 0 Å². The van der Waals surface area contributed by atoms with Gasteiger partial charge >= 0.3 is 0 Å². The Hall–Kier alpha value is -1.34. The van der Waals surface area contributed by atoms with Crippen LogP contribution in [0.15, 0.2) is 5.16 Å². The minimum atomic E-state index is -0.436. The number of piperazine rings is 1. The lowest BCUT2D eigenvalue weighted by molar-refractivity contribution is -0.138. The minimum absolute atomic E-state index is 0.0670. The van der Waals surface area contributed by atoms with Gasteiger partial charge in [-0.05, 0) is 20.3 Å². The van der Waals surface area contributed by atoms with Gasteiger partial charge in [0, 0.05) is 33.3 Å². The van der Waals surface area contributed by atoms with Gasteiger partial charge in [0.1, 0.15) is 0 Å². The van der Waals surface area contributed by atoms with Gasteiger partial charge in [0.2, 0.25) is 5.91 Å². The van der Waals surface area contributed by atoms with E-state index in [1.165, 1.54) is 0 Å². The second-order valence-corrected chi connectivity index (χ2v) is 6.01. The molecule has 7 heteroatoms. The molecule has 122 valence electrons.